The van der Waals surface area contributed by atoms with Crippen LogP contribution in [0.1, 0.15) is 43.7 Å². The molecule has 0 saturated heterocycles. The van der Waals surface area contributed by atoms with E-state index in [9.17, 15) is 9.18 Å². The molecule has 3 atom stereocenters. The lowest BCUT2D eigenvalue weighted by Gasteiger charge is -2.35. The maximum Gasteiger partial charge on any atom is 0.305 e. The highest BCUT2D eigenvalue weighted by Gasteiger charge is 2.27. The van der Waals surface area contributed by atoms with Crippen LogP contribution in [0.2, 0.25) is 0 Å². The third-order valence-corrected chi connectivity index (χ3v) is 5.50. The first kappa shape index (κ1) is 19.4. The van der Waals surface area contributed by atoms with Gasteiger partial charge in [0.05, 0.1) is 5.56 Å². The summed E-state index contributed by atoms with van der Waals surface area (Å²) in [5.74, 6) is 0.647. The zero-order valence-corrected chi connectivity index (χ0v) is 16.2. The molecule has 27 heavy (non-hydrogen) atoms. The fourth-order valence-electron chi connectivity index (χ4n) is 3.43. The van der Waals surface area contributed by atoms with Gasteiger partial charge in [-0.15, -0.1) is 0 Å². The molecule has 3 rings (SSSR count). The van der Waals surface area contributed by atoms with E-state index in [0.717, 1.165) is 6.42 Å². The van der Waals surface area contributed by atoms with E-state index in [0.29, 0.717) is 34.3 Å². The molecule has 3 N–H and O–H groups in total. The van der Waals surface area contributed by atoms with E-state index in [1.807, 2.05) is 0 Å². The topological polar surface area (TPSA) is 66.3 Å². The van der Waals surface area contributed by atoms with E-state index in [1.54, 1.807) is 24.3 Å². The predicted octanol–water partition coefficient (Wildman–Crippen LogP) is 4.02. The SMILES string of the molecule is C[C@H]1[C@@H](NC(=S)NNC(=O)c2ccc(-c3ccccc3F)o2)CCC[C@@H]1C. The lowest BCUT2D eigenvalue weighted by Crippen LogP contribution is -2.52. The molecule has 1 amide bonds. The first-order valence-electron chi connectivity index (χ1n) is 9.17. The van der Waals surface area contributed by atoms with Crippen LogP contribution in [0, 0.1) is 17.7 Å². The molecule has 7 heteroatoms. The number of halogens is 1. The Morgan fingerprint density at radius 3 is 2.70 bits per heavy atom. The number of carbonyl (C=O) groups excluding carboxylic acids is 1. The number of hydrazine groups is 1. The molecule has 1 aliphatic rings. The third kappa shape index (κ3) is 4.66. The molecular weight excluding hydrogens is 365 g/mol. The Bertz CT molecular complexity index is 823. The van der Waals surface area contributed by atoms with Gasteiger partial charge in [-0.05, 0) is 54.7 Å². The summed E-state index contributed by atoms with van der Waals surface area (Å²) in [6.45, 7) is 4.47. The Kier molecular flexibility index (Phi) is 6.11. The van der Waals surface area contributed by atoms with Gasteiger partial charge in [0.25, 0.3) is 0 Å². The zero-order chi connectivity index (χ0) is 19.4. The van der Waals surface area contributed by atoms with Crippen molar-refractivity contribution in [3.63, 3.8) is 0 Å². The van der Waals surface area contributed by atoms with Crippen LogP contribution in [0.3, 0.4) is 0 Å². The average Bonchev–Trinajstić information content (AvgIpc) is 3.14. The summed E-state index contributed by atoms with van der Waals surface area (Å²) in [6.07, 6.45) is 3.47. The molecular formula is C20H24FN3O2S. The number of thiocarbonyl (C=S) groups is 1. The van der Waals surface area contributed by atoms with Crippen molar-refractivity contribution in [2.24, 2.45) is 11.8 Å². The Hall–Kier alpha value is -2.41. The van der Waals surface area contributed by atoms with Gasteiger partial charge in [-0.1, -0.05) is 38.8 Å². The second-order valence-corrected chi connectivity index (χ2v) is 7.48. The summed E-state index contributed by atoms with van der Waals surface area (Å²) in [5, 5.41) is 3.64. The number of furan rings is 1. The average molecular weight is 389 g/mol. The van der Waals surface area contributed by atoms with Gasteiger partial charge in [0, 0.05) is 6.04 Å². The van der Waals surface area contributed by atoms with Crippen molar-refractivity contribution in [2.75, 3.05) is 0 Å². The molecule has 2 aromatic rings. The molecule has 1 heterocycles. The van der Waals surface area contributed by atoms with E-state index in [4.69, 9.17) is 16.6 Å². The van der Waals surface area contributed by atoms with Gasteiger partial charge in [0.2, 0.25) is 0 Å². The van der Waals surface area contributed by atoms with Crippen molar-refractivity contribution in [1.29, 1.82) is 0 Å². The van der Waals surface area contributed by atoms with E-state index in [-0.39, 0.29) is 5.76 Å². The number of rotatable bonds is 3. The van der Waals surface area contributed by atoms with Crippen molar-refractivity contribution in [1.82, 2.24) is 16.2 Å². The van der Waals surface area contributed by atoms with Crippen molar-refractivity contribution >= 4 is 23.2 Å². The van der Waals surface area contributed by atoms with E-state index >= 15 is 0 Å². The summed E-state index contributed by atoms with van der Waals surface area (Å²) in [6, 6.07) is 9.60. The van der Waals surface area contributed by atoms with Crippen LogP contribution in [-0.4, -0.2) is 17.1 Å². The normalized spacial score (nSPS) is 22.1. The Morgan fingerprint density at radius 1 is 1.15 bits per heavy atom. The van der Waals surface area contributed by atoms with E-state index in [1.165, 1.54) is 25.0 Å². The highest BCUT2D eigenvalue weighted by molar-refractivity contribution is 7.80. The second kappa shape index (κ2) is 8.52. The van der Waals surface area contributed by atoms with Crippen LogP contribution in [0.4, 0.5) is 4.39 Å². The van der Waals surface area contributed by atoms with Crippen molar-refractivity contribution < 1.29 is 13.6 Å². The summed E-state index contributed by atoms with van der Waals surface area (Å²) in [4.78, 5) is 12.2. The van der Waals surface area contributed by atoms with Gasteiger partial charge in [0.15, 0.2) is 10.9 Å². The van der Waals surface area contributed by atoms with Gasteiger partial charge in [-0.2, -0.15) is 0 Å². The molecule has 1 saturated carbocycles. The minimum atomic E-state index is -0.480. The largest absolute Gasteiger partial charge is 0.451 e. The molecule has 144 valence electrons. The van der Waals surface area contributed by atoms with Crippen molar-refractivity contribution in [3.8, 4) is 11.3 Å². The molecule has 0 aliphatic heterocycles. The van der Waals surface area contributed by atoms with Gasteiger partial charge >= 0.3 is 5.91 Å². The molecule has 1 aromatic heterocycles. The summed E-state index contributed by atoms with van der Waals surface area (Å²) in [5.41, 5.74) is 5.53. The Morgan fingerprint density at radius 2 is 1.93 bits per heavy atom. The summed E-state index contributed by atoms with van der Waals surface area (Å²) in [7, 11) is 0. The number of benzene rings is 1. The van der Waals surface area contributed by atoms with Gasteiger partial charge < -0.3 is 9.73 Å². The van der Waals surface area contributed by atoms with E-state index < -0.39 is 11.7 Å². The standard InChI is InChI=1S/C20H24FN3O2S/c1-12-6-5-9-16(13(12)2)22-20(27)24-23-19(25)18-11-10-17(26-18)14-7-3-4-8-15(14)21/h3-4,7-8,10-13,16H,5-6,9H2,1-2H3,(H,23,25)(H2,22,24,27)/t12-,13+,16-/m0/s1. The van der Waals surface area contributed by atoms with Crippen LogP contribution in [0.5, 0.6) is 0 Å². The summed E-state index contributed by atoms with van der Waals surface area (Å²) >= 11 is 5.28. The monoisotopic (exact) mass is 389 g/mol. The number of amides is 1. The van der Waals surface area contributed by atoms with Gasteiger partial charge in [-0.25, -0.2) is 4.39 Å². The molecule has 0 spiro atoms. The van der Waals surface area contributed by atoms with Crippen molar-refractivity contribution in [2.45, 2.75) is 39.2 Å². The molecule has 0 radical (unpaired) electrons. The van der Waals surface area contributed by atoms with Gasteiger partial charge in [-0.3, -0.25) is 15.6 Å². The molecule has 1 aliphatic carbocycles. The lowest BCUT2D eigenvalue weighted by atomic mass is 9.78. The molecule has 1 aromatic carbocycles. The zero-order valence-electron chi connectivity index (χ0n) is 15.4. The van der Waals surface area contributed by atoms with Gasteiger partial charge in [0.1, 0.15) is 11.6 Å². The number of hydrogen-bond acceptors (Lipinski definition) is 3. The quantitative estimate of drug-likeness (QED) is 0.547. The van der Waals surface area contributed by atoms with Crippen LogP contribution >= 0.6 is 12.2 Å². The molecule has 0 bridgehead atoms. The maximum absolute atomic E-state index is 13.8. The second-order valence-electron chi connectivity index (χ2n) is 7.07. The minimum absolute atomic E-state index is 0.0724. The summed E-state index contributed by atoms with van der Waals surface area (Å²) < 4.78 is 19.3. The highest BCUT2D eigenvalue weighted by Crippen LogP contribution is 2.29. The highest BCUT2D eigenvalue weighted by atomic mass is 32.1. The van der Waals surface area contributed by atoms with Crippen LogP contribution < -0.4 is 16.2 Å². The fraction of sp³-hybridized carbons (Fsp3) is 0.400. The number of carbonyl (C=O) groups is 1. The van der Waals surface area contributed by atoms with Crippen LogP contribution in [0.15, 0.2) is 40.8 Å². The van der Waals surface area contributed by atoms with Crippen LogP contribution in [0.25, 0.3) is 11.3 Å². The fourth-order valence-corrected chi connectivity index (χ4v) is 3.63. The van der Waals surface area contributed by atoms with Crippen LogP contribution in [-0.2, 0) is 0 Å². The molecule has 5 nitrogen and oxygen atoms in total. The Labute approximate surface area is 163 Å². The first-order chi connectivity index (χ1) is 13.0. The minimum Gasteiger partial charge on any atom is -0.451 e. The van der Waals surface area contributed by atoms with E-state index in [2.05, 4.69) is 30.0 Å². The number of nitrogens with one attached hydrogen (secondary N) is 3. The maximum atomic E-state index is 13.8. The Balaban J connectivity index is 1.54. The number of hydrogen-bond donors (Lipinski definition) is 3. The molecule has 0 unspecified atom stereocenters. The third-order valence-electron chi connectivity index (χ3n) is 5.28. The lowest BCUT2D eigenvalue weighted by molar-refractivity contribution is 0.0916. The molecule has 1 fully saturated rings. The van der Waals surface area contributed by atoms with Crippen molar-refractivity contribution in [3.05, 3.63) is 48.0 Å². The first-order valence-corrected chi connectivity index (χ1v) is 9.58. The smallest absolute Gasteiger partial charge is 0.305 e. The predicted molar refractivity (Wildman–Crippen MR) is 106 cm³/mol.